The summed E-state index contributed by atoms with van der Waals surface area (Å²) < 4.78 is 13.9. The Kier molecular flexibility index (Phi) is 7.81. The SMILES string of the molecule is CC(C)C(NC(=O)c1ccccc1F)C(=O)Nc1ccc(C(C#N)c2ccccc2)c(Cl)c1. The second kappa shape index (κ2) is 10.8. The van der Waals surface area contributed by atoms with Crippen LogP contribution in [-0.2, 0) is 4.79 Å². The Morgan fingerprint density at radius 2 is 1.67 bits per heavy atom. The van der Waals surface area contributed by atoms with Crippen LogP contribution in [0.15, 0.2) is 72.8 Å². The first-order chi connectivity index (χ1) is 15.8. The van der Waals surface area contributed by atoms with E-state index in [1.165, 1.54) is 18.2 Å². The van der Waals surface area contributed by atoms with E-state index < -0.39 is 29.6 Å². The van der Waals surface area contributed by atoms with E-state index in [1.54, 1.807) is 38.1 Å². The zero-order valence-electron chi connectivity index (χ0n) is 18.2. The third-order valence-electron chi connectivity index (χ3n) is 5.20. The first-order valence-corrected chi connectivity index (χ1v) is 10.8. The molecule has 2 unspecified atom stereocenters. The molecule has 0 saturated heterocycles. The molecule has 0 aromatic heterocycles. The first-order valence-electron chi connectivity index (χ1n) is 10.4. The third-order valence-corrected chi connectivity index (χ3v) is 5.52. The molecular weight excluding hydrogens is 441 g/mol. The van der Waals surface area contributed by atoms with Crippen molar-refractivity contribution in [2.24, 2.45) is 5.92 Å². The number of carbonyl (C=O) groups is 2. The van der Waals surface area contributed by atoms with Gasteiger partial charge in [0.05, 0.1) is 17.6 Å². The van der Waals surface area contributed by atoms with Gasteiger partial charge in [-0.15, -0.1) is 0 Å². The Balaban J connectivity index is 1.76. The molecule has 7 heteroatoms. The molecule has 2 N–H and O–H groups in total. The van der Waals surface area contributed by atoms with Gasteiger partial charge >= 0.3 is 0 Å². The Morgan fingerprint density at radius 1 is 1.00 bits per heavy atom. The van der Waals surface area contributed by atoms with Gasteiger partial charge in [0, 0.05) is 10.7 Å². The van der Waals surface area contributed by atoms with Crippen LogP contribution in [0.1, 0.15) is 41.3 Å². The molecule has 0 aliphatic carbocycles. The number of amides is 2. The van der Waals surface area contributed by atoms with Crippen LogP contribution in [0.25, 0.3) is 0 Å². The lowest BCUT2D eigenvalue weighted by Gasteiger charge is -2.22. The van der Waals surface area contributed by atoms with Crippen molar-refractivity contribution in [2.45, 2.75) is 25.8 Å². The lowest BCUT2D eigenvalue weighted by Crippen LogP contribution is -2.47. The number of hydrogen-bond acceptors (Lipinski definition) is 3. The van der Waals surface area contributed by atoms with E-state index >= 15 is 0 Å². The van der Waals surface area contributed by atoms with Gasteiger partial charge in [0.25, 0.3) is 5.91 Å². The summed E-state index contributed by atoms with van der Waals surface area (Å²) in [6.07, 6.45) is 0. The molecule has 0 radical (unpaired) electrons. The van der Waals surface area contributed by atoms with Crippen molar-refractivity contribution >= 4 is 29.1 Å². The number of nitrogens with zero attached hydrogens (tertiary/aromatic N) is 1. The predicted molar refractivity (Wildman–Crippen MR) is 126 cm³/mol. The van der Waals surface area contributed by atoms with E-state index in [1.807, 2.05) is 30.3 Å². The fourth-order valence-corrected chi connectivity index (χ4v) is 3.72. The highest BCUT2D eigenvalue weighted by atomic mass is 35.5. The number of nitrogens with one attached hydrogen (secondary N) is 2. The molecule has 0 aliphatic rings. The summed E-state index contributed by atoms with van der Waals surface area (Å²) in [6, 6.07) is 21.1. The number of benzene rings is 3. The van der Waals surface area contributed by atoms with E-state index in [0.717, 1.165) is 5.56 Å². The highest BCUT2D eigenvalue weighted by Gasteiger charge is 2.26. The van der Waals surface area contributed by atoms with Crippen LogP contribution >= 0.6 is 11.6 Å². The maximum absolute atomic E-state index is 13.9. The normalized spacial score (nSPS) is 12.5. The molecule has 0 aliphatic heterocycles. The van der Waals surface area contributed by atoms with Crippen molar-refractivity contribution < 1.29 is 14.0 Å². The minimum absolute atomic E-state index is 0.133. The van der Waals surface area contributed by atoms with Gasteiger partial charge < -0.3 is 10.6 Å². The maximum atomic E-state index is 13.9. The summed E-state index contributed by atoms with van der Waals surface area (Å²) in [7, 11) is 0. The van der Waals surface area contributed by atoms with Gasteiger partial charge in [-0.1, -0.05) is 74.0 Å². The summed E-state index contributed by atoms with van der Waals surface area (Å²) in [5.41, 5.74) is 1.72. The predicted octanol–water partition coefficient (Wildman–Crippen LogP) is 5.53. The van der Waals surface area contributed by atoms with Crippen LogP contribution in [0.2, 0.25) is 5.02 Å². The lowest BCUT2D eigenvalue weighted by molar-refractivity contribution is -0.118. The van der Waals surface area contributed by atoms with Crippen molar-refractivity contribution in [3.63, 3.8) is 0 Å². The molecule has 33 heavy (non-hydrogen) atoms. The molecule has 5 nitrogen and oxygen atoms in total. The van der Waals surface area contributed by atoms with Crippen molar-refractivity contribution in [2.75, 3.05) is 5.32 Å². The third kappa shape index (κ3) is 5.76. The number of anilines is 1. The lowest BCUT2D eigenvalue weighted by atomic mass is 9.92. The molecule has 0 bridgehead atoms. The zero-order valence-corrected chi connectivity index (χ0v) is 18.9. The van der Waals surface area contributed by atoms with E-state index in [2.05, 4.69) is 16.7 Å². The molecule has 3 aromatic rings. The van der Waals surface area contributed by atoms with Crippen LogP contribution < -0.4 is 10.6 Å². The quantitative estimate of drug-likeness (QED) is 0.483. The molecular formula is C26H23ClFN3O2. The zero-order chi connectivity index (χ0) is 24.0. The molecule has 168 valence electrons. The average Bonchev–Trinajstić information content (AvgIpc) is 2.80. The van der Waals surface area contributed by atoms with Gasteiger partial charge in [-0.25, -0.2) is 4.39 Å². The molecule has 2 atom stereocenters. The van der Waals surface area contributed by atoms with E-state index in [-0.39, 0.29) is 11.5 Å². The van der Waals surface area contributed by atoms with Gasteiger partial charge in [0.1, 0.15) is 11.9 Å². The number of halogens is 2. The molecule has 3 aromatic carbocycles. The van der Waals surface area contributed by atoms with Gasteiger partial charge in [0.2, 0.25) is 5.91 Å². The molecule has 0 spiro atoms. The smallest absolute Gasteiger partial charge is 0.254 e. The van der Waals surface area contributed by atoms with Crippen LogP contribution in [0.5, 0.6) is 0 Å². The monoisotopic (exact) mass is 463 g/mol. The van der Waals surface area contributed by atoms with Crippen molar-refractivity contribution in [3.8, 4) is 6.07 Å². The first kappa shape index (κ1) is 24.0. The second-order valence-electron chi connectivity index (χ2n) is 7.87. The van der Waals surface area contributed by atoms with Crippen LogP contribution in [0.4, 0.5) is 10.1 Å². The second-order valence-corrected chi connectivity index (χ2v) is 8.28. The Bertz CT molecular complexity index is 1190. The fraction of sp³-hybridized carbons (Fsp3) is 0.192. The minimum Gasteiger partial charge on any atom is -0.340 e. The van der Waals surface area contributed by atoms with Gasteiger partial charge in [0.15, 0.2) is 0 Å². The summed E-state index contributed by atoms with van der Waals surface area (Å²) >= 11 is 6.45. The minimum atomic E-state index is -0.897. The van der Waals surface area contributed by atoms with Crippen LogP contribution in [-0.4, -0.2) is 17.9 Å². The van der Waals surface area contributed by atoms with Gasteiger partial charge in [-0.05, 0) is 41.3 Å². The highest BCUT2D eigenvalue weighted by Crippen LogP contribution is 2.32. The van der Waals surface area contributed by atoms with Crippen molar-refractivity contribution in [1.82, 2.24) is 5.32 Å². The molecule has 3 rings (SSSR count). The molecule has 0 heterocycles. The number of rotatable bonds is 7. The Morgan fingerprint density at radius 3 is 2.27 bits per heavy atom. The summed E-state index contributed by atoms with van der Waals surface area (Å²) in [6.45, 7) is 3.55. The van der Waals surface area contributed by atoms with Crippen molar-refractivity contribution in [3.05, 3.63) is 100 Å². The van der Waals surface area contributed by atoms with Gasteiger partial charge in [-0.3, -0.25) is 9.59 Å². The summed E-state index contributed by atoms with van der Waals surface area (Å²) in [4.78, 5) is 25.4. The largest absolute Gasteiger partial charge is 0.340 e. The van der Waals surface area contributed by atoms with Crippen LogP contribution in [0.3, 0.4) is 0 Å². The maximum Gasteiger partial charge on any atom is 0.254 e. The van der Waals surface area contributed by atoms with Crippen molar-refractivity contribution in [1.29, 1.82) is 5.26 Å². The number of hydrogen-bond donors (Lipinski definition) is 2. The molecule has 0 saturated carbocycles. The number of carbonyl (C=O) groups excluding carboxylic acids is 2. The topological polar surface area (TPSA) is 82.0 Å². The molecule has 0 fully saturated rings. The van der Waals surface area contributed by atoms with E-state index in [9.17, 15) is 19.2 Å². The van der Waals surface area contributed by atoms with Crippen LogP contribution in [0, 0.1) is 23.1 Å². The number of nitriles is 1. The highest BCUT2D eigenvalue weighted by molar-refractivity contribution is 6.31. The van der Waals surface area contributed by atoms with E-state index in [0.29, 0.717) is 16.3 Å². The Labute approximate surface area is 197 Å². The van der Waals surface area contributed by atoms with Gasteiger partial charge in [-0.2, -0.15) is 5.26 Å². The standard InChI is InChI=1S/C26H23ClFN3O2/c1-16(2)24(31-25(32)20-10-6-7-11-23(20)28)26(33)30-18-12-13-19(22(27)14-18)21(15-29)17-8-4-3-5-9-17/h3-14,16,21,24H,1-2H3,(H,30,33)(H,31,32). The Hall–Kier alpha value is -3.69. The molecule has 2 amide bonds. The van der Waals surface area contributed by atoms with E-state index in [4.69, 9.17) is 11.6 Å². The summed E-state index contributed by atoms with van der Waals surface area (Å²) in [5.74, 6) is -2.59. The summed E-state index contributed by atoms with van der Waals surface area (Å²) in [5, 5.41) is 15.3. The average molecular weight is 464 g/mol. The fourth-order valence-electron chi connectivity index (χ4n) is 3.43.